The van der Waals surface area contributed by atoms with Crippen molar-refractivity contribution in [1.82, 2.24) is 9.80 Å². The maximum Gasteiger partial charge on any atom is 0.350 e. The molecular formula is C77H93N7O9S3. The number of aromatic carboxylic acids is 1. The van der Waals surface area contributed by atoms with Gasteiger partial charge in [-0.2, -0.15) is 10.5 Å². The second-order valence-electron chi connectivity index (χ2n) is 27.3. The number of nitrogens with zero attached hydrogens (tertiary/aromatic N) is 7. The summed E-state index contributed by atoms with van der Waals surface area (Å²) in [7, 11) is 2.80. The van der Waals surface area contributed by atoms with Gasteiger partial charge in [0.1, 0.15) is 14.6 Å². The zero-order valence-electron chi connectivity index (χ0n) is 56.3. The largest absolute Gasteiger partial charge is 0.477 e. The molecule has 4 aliphatic carbocycles. The molecule has 0 bridgehead atoms. The summed E-state index contributed by atoms with van der Waals surface area (Å²) >= 11 is 4.04. The Bertz CT molecular complexity index is 3660. The molecule has 0 radical (unpaired) electrons. The molecule has 6 aliphatic rings. The number of nitriles is 2. The molecule has 0 spiro atoms. The first-order chi connectivity index (χ1) is 46.6. The van der Waals surface area contributed by atoms with Crippen molar-refractivity contribution in [2.24, 2.45) is 35.5 Å². The molecule has 19 heteroatoms. The quantitative estimate of drug-likeness (QED) is 0.0751. The van der Waals surface area contributed by atoms with Gasteiger partial charge in [-0.05, 0) is 168 Å². The summed E-state index contributed by atoms with van der Waals surface area (Å²) in [5, 5.41) is 28.5. The highest BCUT2D eigenvalue weighted by atomic mass is 32.1. The minimum atomic E-state index is -1.00. The molecule has 1 N–H and O–H groups in total. The third kappa shape index (κ3) is 17.3. The Morgan fingerprint density at radius 1 is 0.417 bits per heavy atom. The van der Waals surface area contributed by atoms with Gasteiger partial charge in [-0.25, -0.2) is 14.4 Å². The van der Waals surface area contributed by atoms with E-state index in [1.165, 1.54) is 54.7 Å². The second-order valence-corrected chi connectivity index (χ2v) is 30.4. The summed E-state index contributed by atoms with van der Waals surface area (Å²) in [6.45, 7) is 9.17. The van der Waals surface area contributed by atoms with Crippen LogP contribution < -0.4 is 14.7 Å². The Balaban J connectivity index is 0.000000157. The number of amides is 3. The number of rotatable bonds is 15. The van der Waals surface area contributed by atoms with E-state index in [1.807, 2.05) is 119 Å². The van der Waals surface area contributed by atoms with Crippen LogP contribution in [0.3, 0.4) is 0 Å². The van der Waals surface area contributed by atoms with Crippen LogP contribution in [0.25, 0.3) is 31.3 Å². The number of hydrogen-bond acceptors (Lipinski definition) is 15. The summed E-state index contributed by atoms with van der Waals surface area (Å²) in [4.78, 5) is 92.6. The summed E-state index contributed by atoms with van der Waals surface area (Å²) in [6.07, 6.45) is 24.4. The van der Waals surface area contributed by atoms with Crippen molar-refractivity contribution in [3.05, 3.63) is 124 Å². The average molecular weight is 1360 g/mol. The van der Waals surface area contributed by atoms with E-state index < -0.39 is 11.9 Å². The smallest absolute Gasteiger partial charge is 0.350 e. The number of carbonyl (C=O) groups is 6. The molecule has 12 rings (SSSR count). The lowest BCUT2D eigenvalue weighted by atomic mass is 9.81. The number of carbonyl (C=O) groups excluding carboxylic acids is 5. The number of likely N-dealkylation sites (tertiary alicyclic amines) is 2. The fraction of sp³-hybridized carbons (Fsp3) is 0.506. The Kier molecular flexibility index (Phi) is 25.1. The minimum Gasteiger partial charge on any atom is -0.477 e. The number of esters is 2. The van der Waals surface area contributed by atoms with Crippen molar-refractivity contribution in [2.75, 3.05) is 55.1 Å². The monoisotopic (exact) mass is 1360 g/mol. The highest BCUT2D eigenvalue weighted by Crippen LogP contribution is 2.46. The normalized spacial score (nSPS) is 21.7. The lowest BCUT2D eigenvalue weighted by Crippen LogP contribution is -2.49. The minimum absolute atomic E-state index is 0.0271. The van der Waals surface area contributed by atoms with E-state index in [9.17, 15) is 44.4 Å². The van der Waals surface area contributed by atoms with Crippen LogP contribution in [0.15, 0.2) is 109 Å². The van der Waals surface area contributed by atoms with Crippen LogP contribution >= 0.6 is 34.0 Å². The number of thiophene rings is 3. The maximum atomic E-state index is 14.0. The second kappa shape index (κ2) is 33.9. The molecular weight excluding hydrogens is 1260 g/mol. The molecule has 3 aromatic carbocycles. The van der Waals surface area contributed by atoms with Gasteiger partial charge in [-0.3, -0.25) is 14.4 Å². The fourth-order valence-corrected chi connectivity index (χ4v) is 18.1. The van der Waals surface area contributed by atoms with E-state index in [0.29, 0.717) is 90.7 Å². The van der Waals surface area contributed by atoms with Crippen molar-refractivity contribution in [3.63, 3.8) is 0 Å². The number of hydrogen-bond donors (Lipinski definition) is 1. The van der Waals surface area contributed by atoms with Crippen LogP contribution in [0.2, 0.25) is 0 Å². The standard InChI is InChI=1S/C26H31N3O3S.C26H33NO3S.C25H29N3O3S/c1-18-8-10-20(11-9-18)25(30)29(21-12-14-28(17-27)15-13-21)22-16-23(19-6-4-3-5-7-19)33-24(22)26(31)32-2;1-18-13-15-20(16-14-18)25(28)27(21-11-7-4-8-12-21)22-17-23(19-9-5-3-6-10-19)31-24(22)26(29)30-2;1-17-7-9-19(10-8-17)24(29)28(20-11-13-27(16-26)14-12-20)21-15-22(32-23(21)25(30)31)18-5-3-2-4-6-18/h3-7,16,18,20-21H,8-15H2,1-2H3;3,5-6,9-10,17-18,20-21H,4,7-8,11-16H2,1-2H3;2-6,15,17,19-20H,7-14H2,1H3,(H,30,31). The van der Waals surface area contributed by atoms with E-state index >= 15 is 0 Å². The summed E-state index contributed by atoms with van der Waals surface area (Å²) in [6, 6.07) is 35.6. The van der Waals surface area contributed by atoms with E-state index in [1.54, 1.807) is 14.7 Å². The lowest BCUT2D eigenvalue weighted by molar-refractivity contribution is -0.125. The maximum absolute atomic E-state index is 14.0. The molecule has 0 unspecified atom stereocenters. The van der Waals surface area contributed by atoms with Gasteiger partial charge in [0.05, 0.1) is 31.3 Å². The van der Waals surface area contributed by atoms with E-state index in [2.05, 4.69) is 33.2 Å². The molecule has 508 valence electrons. The SMILES string of the molecule is CC1CCC(C(=O)N(c2cc(-c3ccccc3)sc2C(=O)O)C2CCN(C#N)CC2)CC1.COC(=O)c1sc(-c2ccccc2)cc1N(C(=O)C1CCC(C)CC1)C1CCCCC1.COC(=O)c1sc(-c2ccccc2)cc1N(C(=O)C1CCC(C)CC1)C1CCN(C#N)CC1. The first-order valence-corrected chi connectivity index (χ1v) is 37.3. The zero-order valence-corrected chi connectivity index (χ0v) is 58.8. The molecule has 3 amide bonds. The number of methoxy groups -OCH3 is 2. The van der Waals surface area contributed by atoms with Gasteiger partial charge in [0, 0.05) is 76.7 Å². The average Bonchev–Trinajstić information content (AvgIpc) is 1.55. The first-order valence-electron chi connectivity index (χ1n) is 34.8. The third-order valence-corrected chi connectivity index (χ3v) is 24.2. The molecule has 0 atom stereocenters. The third-order valence-electron chi connectivity index (χ3n) is 20.7. The fourth-order valence-electron chi connectivity index (χ4n) is 14.9. The highest BCUT2D eigenvalue weighted by molar-refractivity contribution is 7.18. The van der Waals surface area contributed by atoms with Gasteiger partial charge in [0.15, 0.2) is 12.4 Å². The number of piperidine rings is 2. The Hall–Kier alpha value is -7.84. The molecule has 4 saturated carbocycles. The summed E-state index contributed by atoms with van der Waals surface area (Å²) < 4.78 is 10.3. The molecule has 2 saturated heterocycles. The summed E-state index contributed by atoms with van der Waals surface area (Å²) in [5.41, 5.74) is 4.95. The van der Waals surface area contributed by atoms with Crippen LogP contribution in [-0.4, -0.2) is 109 Å². The van der Waals surface area contributed by atoms with Crippen molar-refractivity contribution < 1.29 is 43.3 Å². The van der Waals surface area contributed by atoms with Crippen molar-refractivity contribution in [3.8, 4) is 43.7 Å². The number of ether oxygens (including phenoxy) is 2. The Morgan fingerprint density at radius 3 is 0.979 bits per heavy atom. The number of anilines is 3. The van der Waals surface area contributed by atoms with Gasteiger partial charge in [0.25, 0.3) is 0 Å². The predicted octanol–water partition coefficient (Wildman–Crippen LogP) is 17.2. The van der Waals surface area contributed by atoms with Gasteiger partial charge in [-0.1, -0.05) is 131 Å². The molecule has 6 aromatic rings. The molecule has 3 aromatic heterocycles. The van der Waals surface area contributed by atoms with Crippen LogP contribution in [0.1, 0.15) is 185 Å². The highest BCUT2D eigenvalue weighted by Gasteiger charge is 2.41. The van der Waals surface area contributed by atoms with Gasteiger partial charge in [-0.15, -0.1) is 34.0 Å². The molecule has 2 aliphatic heterocycles. The van der Waals surface area contributed by atoms with Crippen molar-refractivity contribution in [1.29, 1.82) is 10.5 Å². The van der Waals surface area contributed by atoms with Crippen molar-refractivity contribution in [2.45, 2.75) is 174 Å². The molecule has 6 fully saturated rings. The Labute approximate surface area is 578 Å². The van der Waals surface area contributed by atoms with Crippen molar-refractivity contribution >= 4 is 86.7 Å². The van der Waals surface area contributed by atoms with Gasteiger partial charge < -0.3 is 39.1 Å². The van der Waals surface area contributed by atoms with Crippen LogP contribution in [0.4, 0.5) is 17.1 Å². The van der Waals surface area contributed by atoms with E-state index in [-0.39, 0.29) is 64.4 Å². The van der Waals surface area contributed by atoms with E-state index in [0.717, 1.165) is 140 Å². The first kappa shape index (κ1) is 70.9. The van der Waals surface area contributed by atoms with Crippen LogP contribution in [-0.2, 0) is 23.9 Å². The predicted molar refractivity (Wildman–Crippen MR) is 382 cm³/mol. The number of carboxylic acids is 1. The van der Waals surface area contributed by atoms with E-state index in [4.69, 9.17) is 9.47 Å². The number of benzene rings is 3. The Morgan fingerprint density at radius 2 is 0.698 bits per heavy atom. The van der Waals surface area contributed by atoms with Gasteiger partial charge >= 0.3 is 17.9 Å². The molecule has 16 nitrogen and oxygen atoms in total. The topological polar surface area (TPSA) is 205 Å². The number of carboxylic acid groups (broad SMARTS) is 1. The molecule has 5 heterocycles. The van der Waals surface area contributed by atoms with Crippen LogP contribution in [0, 0.1) is 58.4 Å². The molecule has 96 heavy (non-hydrogen) atoms. The lowest BCUT2D eigenvalue weighted by Gasteiger charge is -2.39. The van der Waals surface area contributed by atoms with Gasteiger partial charge in [0.2, 0.25) is 17.7 Å². The zero-order chi connectivity index (χ0) is 67.8. The summed E-state index contributed by atoms with van der Waals surface area (Å²) in [5.74, 6) is 0.541. The van der Waals surface area contributed by atoms with Crippen LogP contribution in [0.5, 0.6) is 0 Å².